The molecule has 0 spiro atoms. The minimum absolute atomic E-state index is 0.0148. The van der Waals surface area contributed by atoms with Crippen molar-refractivity contribution < 1.29 is 13.6 Å². The van der Waals surface area contributed by atoms with Gasteiger partial charge in [0, 0.05) is 25.2 Å². The molecule has 1 aromatic rings. The molecule has 0 aliphatic carbocycles. The molecule has 1 N–H and O–H groups in total. The number of nitrogens with zero attached hydrogens (tertiary/aromatic N) is 1. The molecule has 5 heteroatoms. The summed E-state index contributed by atoms with van der Waals surface area (Å²) in [5, 5.41) is 3.12. The van der Waals surface area contributed by atoms with Crippen molar-refractivity contribution in [3.63, 3.8) is 0 Å². The molecular formula is C15H22F2N2O. The first-order valence-electron chi connectivity index (χ1n) is 6.88. The molecule has 0 fully saturated rings. The summed E-state index contributed by atoms with van der Waals surface area (Å²) in [5.41, 5.74) is 0.898. The van der Waals surface area contributed by atoms with Gasteiger partial charge in [-0.3, -0.25) is 4.79 Å². The molecule has 1 atom stereocenters. The van der Waals surface area contributed by atoms with E-state index in [2.05, 4.69) is 5.32 Å². The predicted octanol–water partition coefficient (Wildman–Crippen LogP) is 2.97. The van der Waals surface area contributed by atoms with Gasteiger partial charge in [0.1, 0.15) is 0 Å². The molecule has 0 aromatic heterocycles. The summed E-state index contributed by atoms with van der Waals surface area (Å²) in [7, 11) is 0. The molecule has 0 saturated heterocycles. The highest BCUT2D eigenvalue weighted by molar-refractivity contribution is 5.81. The third kappa shape index (κ3) is 4.56. The van der Waals surface area contributed by atoms with Gasteiger partial charge in [0.15, 0.2) is 0 Å². The predicted molar refractivity (Wildman–Crippen MR) is 75.6 cm³/mol. The second-order valence-electron chi connectivity index (χ2n) is 4.66. The van der Waals surface area contributed by atoms with Gasteiger partial charge in [-0.25, -0.2) is 8.78 Å². The van der Waals surface area contributed by atoms with Crippen LogP contribution >= 0.6 is 0 Å². The zero-order valence-corrected chi connectivity index (χ0v) is 12.2. The normalized spacial score (nSPS) is 12.5. The number of nitrogens with one attached hydrogen (secondary N) is 1. The Morgan fingerprint density at radius 1 is 1.20 bits per heavy atom. The van der Waals surface area contributed by atoms with Crippen molar-refractivity contribution in [3.8, 4) is 0 Å². The molecule has 0 aliphatic heterocycles. The fraction of sp³-hybridized carbons (Fsp3) is 0.533. The van der Waals surface area contributed by atoms with E-state index < -0.39 is 6.43 Å². The highest BCUT2D eigenvalue weighted by Crippen LogP contribution is 2.18. The van der Waals surface area contributed by atoms with Crippen LogP contribution in [0.1, 0.15) is 38.3 Å². The molecule has 20 heavy (non-hydrogen) atoms. The van der Waals surface area contributed by atoms with Crippen LogP contribution in [0.3, 0.4) is 0 Å². The number of carbonyl (C=O) groups is 1. The Balaban J connectivity index is 2.52. The Labute approximate surface area is 119 Å². The maximum Gasteiger partial charge on any atom is 0.263 e. The first-order chi connectivity index (χ1) is 9.49. The molecule has 3 nitrogen and oxygen atoms in total. The Morgan fingerprint density at radius 2 is 1.75 bits per heavy atom. The third-order valence-electron chi connectivity index (χ3n) is 3.29. The quantitative estimate of drug-likeness (QED) is 0.835. The number of carbonyl (C=O) groups excluding carboxylic acids is 1. The molecule has 0 saturated carbocycles. The van der Waals surface area contributed by atoms with Crippen molar-refractivity contribution in [1.82, 2.24) is 10.2 Å². The first kappa shape index (κ1) is 16.6. The lowest BCUT2D eigenvalue weighted by Gasteiger charge is -2.23. The van der Waals surface area contributed by atoms with Crippen molar-refractivity contribution in [1.29, 1.82) is 0 Å². The maximum absolute atomic E-state index is 12.4. The van der Waals surface area contributed by atoms with Crippen LogP contribution in [0.5, 0.6) is 0 Å². The van der Waals surface area contributed by atoms with E-state index >= 15 is 0 Å². The molecule has 0 aliphatic rings. The highest BCUT2D eigenvalue weighted by Gasteiger charge is 2.17. The van der Waals surface area contributed by atoms with Gasteiger partial charge in [0.05, 0.1) is 6.04 Å². The zero-order chi connectivity index (χ0) is 15.1. The average Bonchev–Trinajstić information content (AvgIpc) is 2.46. The van der Waals surface area contributed by atoms with Gasteiger partial charge in [-0.15, -0.1) is 0 Å². The standard InChI is InChI=1S/C15H22F2N2O/c1-4-19(5-2)15(20)11(3)18-10-12-6-8-13(9-7-12)14(16)17/h6-9,11,14,18H,4-5,10H2,1-3H3. The van der Waals surface area contributed by atoms with Crippen LogP contribution in [0, 0.1) is 0 Å². The molecule has 112 valence electrons. The molecule has 1 rings (SSSR count). The van der Waals surface area contributed by atoms with E-state index in [-0.39, 0.29) is 17.5 Å². The minimum Gasteiger partial charge on any atom is -0.342 e. The van der Waals surface area contributed by atoms with Crippen molar-refractivity contribution in [2.75, 3.05) is 13.1 Å². The number of amides is 1. The lowest BCUT2D eigenvalue weighted by Crippen LogP contribution is -2.44. The van der Waals surface area contributed by atoms with Gasteiger partial charge in [-0.1, -0.05) is 24.3 Å². The zero-order valence-electron chi connectivity index (χ0n) is 12.2. The van der Waals surface area contributed by atoms with E-state index in [4.69, 9.17) is 0 Å². The fourth-order valence-corrected chi connectivity index (χ4v) is 1.95. The molecule has 0 bridgehead atoms. The maximum atomic E-state index is 12.4. The van der Waals surface area contributed by atoms with Crippen LogP contribution in [0.4, 0.5) is 8.78 Å². The van der Waals surface area contributed by atoms with Gasteiger partial charge in [0.25, 0.3) is 6.43 Å². The number of hydrogen-bond acceptors (Lipinski definition) is 2. The van der Waals surface area contributed by atoms with Crippen LogP contribution < -0.4 is 5.32 Å². The summed E-state index contributed by atoms with van der Waals surface area (Å²) in [5.74, 6) is 0.0548. The minimum atomic E-state index is -2.44. The third-order valence-corrected chi connectivity index (χ3v) is 3.29. The monoisotopic (exact) mass is 284 g/mol. The molecule has 1 unspecified atom stereocenters. The Morgan fingerprint density at radius 3 is 2.20 bits per heavy atom. The Hall–Kier alpha value is -1.49. The molecule has 0 heterocycles. The van der Waals surface area contributed by atoms with Crippen molar-refractivity contribution in [2.24, 2.45) is 0 Å². The van der Waals surface area contributed by atoms with E-state index in [0.29, 0.717) is 19.6 Å². The summed E-state index contributed by atoms with van der Waals surface area (Å²) < 4.78 is 24.8. The van der Waals surface area contributed by atoms with Gasteiger partial charge < -0.3 is 10.2 Å². The Bertz CT molecular complexity index is 416. The van der Waals surface area contributed by atoms with E-state index in [0.717, 1.165) is 5.56 Å². The van der Waals surface area contributed by atoms with Crippen LogP contribution in [-0.4, -0.2) is 29.9 Å². The number of hydrogen-bond donors (Lipinski definition) is 1. The topological polar surface area (TPSA) is 32.3 Å². The SMILES string of the molecule is CCN(CC)C(=O)C(C)NCc1ccc(C(F)F)cc1. The van der Waals surface area contributed by atoms with Gasteiger partial charge in [0.2, 0.25) is 5.91 Å². The number of likely N-dealkylation sites (N-methyl/N-ethyl adjacent to an activating group) is 1. The van der Waals surface area contributed by atoms with Crippen molar-refractivity contribution >= 4 is 5.91 Å². The molecule has 1 amide bonds. The first-order valence-corrected chi connectivity index (χ1v) is 6.88. The van der Waals surface area contributed by atoms with Gasteiger partial charge >= 0.3 is 0 Å². The second-order valence-corrected chi connectivity index (χ2v) is 4.66. The van der Waals surface area contributed by atoms with Crippen LogP contribution in [-0.2, 0) is 11.3 Å². The number of alkyl halides is 2. The molecular weight excluding hydrogens is 262 g/mol. The van der Waals surface area contributed by atoms with Gasteiger partial charge in [-0.2, -0.15) is 0 Å². The molecule has 1 aromatic carbocycles. The van der Waals surface area contributed by atoms with Crippen molar-refractivity contribution in [2.45, 2.75) is 39.8 Å². The highest BCUT2D eigenvalue weighted by atomic mass is 19.3. The van der Waals surface area contributed by atoms with E-state index in [1.165, 1.54) is 12.1 Å². The van der Waals surface area contributed by atoms with Crippen LogP contribution in [0.2, 0.25) is 0 Å². The summed E-state index contributed by atoms with van der Waals surface area (Å²) in [4.78, 5) is 13.8. The summed E-state index contributed by atoms with van der Waals surface area (Å²) >= 11 is 0. The average molecular weight is 284 g/mol. The summed E-state index contributed by atoms with van der Waals surface area (Å²) in [6.07, 6.45) is -2.44. The number of benzene rings is 1. The van der Waals surface area contributed by atoms with E-state index in [9.17, 15) is 13.6 Å². The van der Waals surface area contributed by atoms with E-state index in [1.54, 1.807) is 17.0 Å². The summed E-state index contributed by atoms with van der Waals surface area (Å²) in [6.45, 7) is 7.55. The largest absolute Gasteiger partial charge is 0.342 e. The van der Waals surface area contributed by atoms with Crippen molar-refractivity contribution in [3.05, 3.63) is 35.4 Å². The second kappa shape index (κ2) is 7.94. The lowest BCUT2D eigenvalue weighted by atomic mass is 10.1. The van der Waals surface area contributed by atoms with Crippen LogP contribution in [0.15, 0.2) is 24.3 Å². The van der Waals surface area contributed by atoms with Crippen LogP contribution in [0.25, 0.3) is 0 Å². The lowest BCUT2D eigenvalue weighted by molar-refractivity contribution is -0.132. The summed E-state index contributed by atoms with van der Waals surface area (Å²) in [6, 6.07) is 5.85. The number of halogens is 2. The smallest absolute Gasteiger partial charge is 0.263 e. The number of rotatable bonds is 7. The fourth-order valence-electron chi connectivity index (χ4n) is 1.95. The Kier molecular flexibility index (Phi) is 6.58. The van der Waals surface area contributed by atoms with E-state index in [1.807, 2.05) is 20.8 Å². The van der Waals surface area contributed by atoms with Gasteiger partial charge in [-0.05, 0) is 26.3 Å². The molecule has 0 radical (unpaired) electrons.